The summed E-state index contributed by atoms with van der Waals surface area (Å²) in [6, 6.07) is 10.1. The fraction of sp³-hybridized carbons (Fsp3) is 0.267. The maximum Gasteiger partial charge on any atom is 0.264 e. The van der Waals surface area contributed by atoms with E-state index in [0.717, 1.165) is 24.4 Å². The fourth-order valence-corrected chi connectivity index (χ4v) is 3.92. The third-order valence-corrected chi connectivity index (χ3v) is 6.32. The van der Waals surface area contributed by atoms with E-state index in [9.17, 15) is 4.79 Å². The van der Waals surface area contributed by atoms with E-state index >= 15 is 0 Å². The summed E-state index contributed by atoms with van der Waals surface area (Å²) in [6.07, 6.45) is 0. The molecule has 1 aromatic heterocycles. The predicted octanol–water partition coefficient (Wildman–Crippen LogP) is 4.61. The molecule has 2 aromatic rings. The van der Waals surface area contributed by atoms with Crippen molar-refractivity contribution < 1.29 is 4.79 Å². The summed E-state index contributed by atoms with van der Waals surface area (Å²) in [6.45, 7) is 0.597. The Morgan fingerprint density at radius 1 is 1.14 bits per heavy atom. The van der Waals surface area contributed by atoms with Crippen LogP contribution in [0.3, 0.4) is 0 Å². The Morgan fingerprint density at radius 2 is 1.76 bits per heavy atom. The van der Waals surface area contributed by atoms with Gasteiger partial charge in [0, 0.05) is 37.8 Å². The third-order valence-electron chi connectivity index (χ3n) is 3.08. The van der Waals surface area contributed by atoms with Crippen LogP contribution in [-0.4, -0.2) is 32.0 Å². The van der Waals surface area contributed by atoms with Gasteiger partial charge in [0.05, 0.1) is 8.66 Å². The van der Waals surface area contributed by atoms with Crippen LogP contribution in [0.1, 0.15) is 15.2 Å². The average molecular weight is 432 g/mol. The van der Waals surface area contributed by atoms with Gasteiger partial charge in [0.1, 0.15) is 0 Å². The number of rotatable bonds is 4. The van der Waals surface area contributed by atoms with E-state index in [4.69, 9.17) is 0 Å². The van der Waals surface area contributed by atoms with Crippen LogP contribution in [0, 0.1) is 0 Å². The molecule has 0 bridgehead atoms. The molecule has 0 radical (unpaired) electrons. The molecule has 0 aliphatic heterocycles. The zero-order chi connectivity index (χ0) is 15.6. The molecule has 1 amide bonds. The lowest BCUT2D eigenvalue weighted by Gasteiger charge is -2.17. The lowest BCUT2D eigenvalue weighted by atomic mass is 10.2. The number of nitrogens with zero attached hydrogens (tertiary/aromatic N) is 2. The van der Waals surface area contributed by atoms with Crippen molar-refractivity contribution in [3.8, 4) is 0 Å². The van der Waals surface area contributed by atoms with Gasteiger partial charge in [-0.2, -0.15) is 0 Å². The van der Waals surface area contributed by atoms with E-state index in [0.29, 0.717) is 6.54 Å². The van der Waals surface area contributed by atoms with Crippen molar-refractivity contribution in [2.45, 2.75) is 6.54 Å². The fourth-order valence-electron chi connectivity index (χ4n) is 1.89. The van der Waals surface area contributed by atoms with Crippen molar-refractivity contribution in [2.24, 2.45) is 0 Å². The lowest BCUT2D eigenvalue weighted by Crippen LogP contribution is -2.25. The molecule has 0 unspecified atom stereocenters. The molecule has 112 valence electrons. The zero-order valence-corrected chi connectivity index (χ0v) is 16.0. The Morgan fingerprint density at radius 3 is 2.24 bits per heavy atom. The molecule has 1 heterocycles. The van der Waals surface area contributed by atoms with E-state index in [2.05, 4.69) is 61.0 Å². The normalized spacial score (nSPS) is 10.5. The largest absolute Gasteiger partial charge is 0.378 e. The zero-order valence-electron chi connectivity index (χ0n) is 12.1. The van der Waals surface area contributed by atoms with Gasteiger partial charge < -0.3 is 9.80 Å². The number of thiophene rings is 1. The minimum atomic E-state index is 0.0306. The van der Waals surface area contributed by atoms with Gasteiger partial charge in [-0.25, -0.2) is 0 Å². The molecular formula is C15H16Br2N2OS. The SMILES string of the molecule is CN(Cc1ccc(N(C)C)cc1)C(=O)c1cc(Br)c(Br)s1. The van der Waals surface area contributed by atoms with Crippen molar-refractivity contribution >= 4 is 54.8 Å². The number of hydrogen-bond donors (Lipinski definition) is 0. The molecule has 1 aromatic carbocycles. The standard InChI is InChI=1S/C15H16Br2N2OS/c1-18(2)11-6-4-10(5-7-11)9-19(3)15(20)13-8-12(16)14(17)21-13/h4-8H,9H2,1-3H3. The first-order valence-electron chi connectivity index (χ1n) is 6.35. The summed E-state index contributed by atoms with van der Waals surface area (Å²) in [4.78, 5) is 16.9. The van der Waals surface area contributed by atoms with Crippen LogP contribution in [0.25, 0.3) is 0 Å². The Balaban J connectivity index is 2.06. The van der Waals surface area contributed by atoms with Crippen LogP contribution < -0.4 is 4.90 Å². The number of anilines is 1. The molecule has 0 spiro atoms. The highest BCUT2D eigenvalue weighted by Gasteiger charge is 2.16. The number of carbonyl (C=O) groups excluding carboxylic acids is 1. The van der Waals surface area contributed by atoms with Crippen molar-refractivity contribution in [1.82, 2.24) is 4.90 Å². The van der Waals surface area contributed by atoms with Crippen molar-refractivity contribution in [1.29, 1.82) is 0 Å². The molecule has 0 saturated heterocycles. The van der Waals surface area contributed by atoms with Gasteiger partial charge in [0.15, 0.2) is 0 Å². The Bertz CT molecular complexity index is 618. The van der Waals surface area contributed by atoms with Gasteiger partial charge in [-0.3, -0.25) is 4.79 Å². The van der Waals surface area contributed by atoms with Crippen LogP contribution >= 0.6 is 43.2 Å². The van der Waals surface area contributed by atoms with Crippen LogP contribution in [-0.2, 0) is 6.54 Å². The van der Waals surface area contributed by atoms with Gasteiger partial charge in [-0.1, -0.05) is 12.1 Å². The van der Waals surface area contributed by atoms with Crippen molar-refractivity contribution in [3.05, 3.63) is 49.0 Å². The van der Waals surface area contributed by atoms with E-state index in [1.165, 1.54) is 11.3 Å². The minimum absolute atomic E-state index is 0.0306. The van der Waals surface area contributed by atoms with Gasteiger partial charge in [0.25, 0.3) is 5.91 Å². The number of amides is 1. The molecule has 0 N–H and O–H groups in total. The molecule has 0 saturated carbocycles. The van der Waals surface area contributed by atoms with E-state index < -0.39 is 0 Å². The molecule has 21 heavy (non-hydrogen) atoms. The van der Waals surface area contributed by atoms with E-state index in [1.807, 2.05) is 27.2 Å². The van der Waals surface area contributed by atoms with Crippen LogP contribution in [0.4, 0.5) is 5.69 Å². The van der Waals surface area contributed by atoms with Crippen molar-refractivity contribution in [2.75, 3.05) is 26.0 Å². The van der Waals surface area contributed by atoms with Crippen LogP contribution in [0.15, 0.2) is 38.6 Å². The highest BCUT2D eigenvalue weighted by Crippen LogP contribution is 2.33. The van der Waals surface area contributed by atoms with Gasteiger partial charge in [0.2, 0.25) is 0 Å². The van der Waals surface area contributed by atoms with Crippen LogP contribution in [0.5, 0.6) is 0 Å². The molecule has 0 fully saturated rings. The van der Waals surface area contributed by atoms with E-state index in [1.54, 1.807) is 4.90 Å². The topological polar surface area (TPSA) is 23.6 Å². The first kappa shape index (κ1) is 16.5. The highest BCUT2D eigenvalue weighted by molar-refractivity contribution is 9.13. The maximum atomic E-state index is 12.4. The molecule has 0 aliphatic carbocycles. The second kappa shape index (κ2) is 6.94. The lowest BCUT2D eigenvalue weighted by molar-refractivity contribution is 0.0790. The molecular weight excluding hydrogens is 416 g/mol. The number of hydrogen-bond acceptors (Lipinski definition) is 3. The smallest absolute Gasteiger partial charge is 0.264 e. The van der Waals surface area contributed by atoms with E-state index in [-0.39, 0.29) is 5.91 Å². The second-order valence-electron chi connectivity index (χ2n) is 4.95. The quantitative estimate of drug-likeness (QED) is 0.705. The number of halogens is 2. The Labute approximate surface area is 145 Å². The molecule has 0 aliphatic rings. The summed E-state index contributed by atoms with van der Waals surface area (Å²) in [5.41, 5.74) is 2.27. The summed E-state index contributed by atoms with van der Waals surface area (Å²) >= 11 is 8.27. The molecule has 2 rings (SSSR count). The molecule has 6 heteroatoms. The molecule has 0 atom stereocenters. The highest BCUT2D eigenvalue weighted by atomic mass is 79.9. The summed E-state index contributed by atoms with van der Waals surface area (Å²) in [5.74, 6) is 0.0306. The second-order valence-corrected chi connectivity index (χ2v) is 8.18. The predicted molar refractivity (Wildman–Crippen MR) is 96.3 cm³/mol. The summed E-state index contributed by atoms with van der Waals surface area (Å²) in [7, 11) is 5.85. The summed E-state index contributed by atoms with van der Waals surface area (Å²) < 4.78 is 1.86. The van der Waals surface area contributed by atoms with Crippen molar-refractivity contribution in [3.63, 3.8) is 0 Å². The first-order valence-corrected chi connectivity index (χ1v) is 8.75. The molecule has 3 nitrogen and oxygen atoms in total. The van der Waals surface area contributed by atoms with Gasteiger partial charge in [-0.05, 0) is 55.6 Å². The monoisotopic (exact) mass is 430 g/mol. The number of carbonyl (C=O) groups is 1. The first-order chi connectivity index (χ1) is 9.88. The third kappa shape index (κ3) is 4.08. The summed E-state index contributed by atoms with van der Waals surface area (Å²) in [5, 5.41) is 0. The minimum Gasteiger partial charge on any atom is -0.378 e. The Kier molecular flexibility index (Phi) is 5.46. The average Bonchev–Trinajstić information content (AvgIpc) is 2.78. The van der Waals surface area contributed by atoms with Gasteiger partial charge >= 0.3 is 0 Å². The Hall–Kier alpha value is -0.850. The number of benzene rings is 1. The van der Waals surface area contributed by atoms with Crippen LogP contribution in [0.2, 0.25) is 0 Å². The maximum absolute atomic E-state index is 12.4. The van der Waals surface area contributed by atoms with Gasteiger partial charge in [-0.15, -0.1) is 11.3 Å².